The molecule has 1 nitrogen and oxygen atoms in total. The number of rotatable bonds is 0. The number of allylic oxidation sites excluding steroid dienone is 1. The highest BCUT2D eigenvalue weighted by Gasteiger charge is 2.12. The fourth-order valence-corrected chi connectivity index (χ4v) is 1.28. The Labute approximate surface area is 64.5 Å². The van der Waals surface area contributed by atoms with Gasteiger partial charge in [-0.25, -0.2) is 4.39 Å². The molecule has 0 fully saturated rings. The van der Waals surface area contributed by atoms with Crippen LogP contribution in [0.15, 0.2) is 30.5 Å². The van der Waals surface area contributed by atoms with Crippen LogP contribution < -0.4 is 5.32 Å². The predicted molar refractivity (Wildman–Crippen MR) is 42.9 cm³/mol. The molecule has 1 aliphatic rings. The second kappa shape index (κ2) is 2.09. The second-order valence-electron chi connectivity index (χ2n) is 2.71. The largest absolute Gasteiger partial charge is 0.359 e. The van der Waals surface area contributed by atoms with E-state index in [0.29, 0.717) is 0 Å². The van der Waals surface area contributed by atoms with Gasteiger partial charge in [-0.2, -0.15) is 0 Å². The molecule has 0 radical (unpaired) electrons. The molecule has 1 N–H and O–H groups in total. The number of anilines is 1. The zero-order valence-electron chi connectivity index (χ0n) is 6.02. The van der Waals surface area contributed by atoms with Crippen molar-refractivity contribution in [2.45, 2.75) is 6.42 Å². The summed E-state index contributed by atoms with van der Waals surface area (Å²) in [5.41, 5.74) is 2.91. The van der Waals surface area contributed by atoms with Crippen molar-refractivity contribution in [2.75, 3.05) is 5.32 Å². The smallest absolute Gasteiger partial charge is 0.125 e. The first-order chi connectivity index (χ1) is 5.25. The molecule has 0 spiro atoms. The molecule has 0 aromatic heterocycles. The first-order valence-corrected chi connectivity index (χ1v) is 3.49. The summed E-state index contributed by atoms with van der Waals surface area (Å²) in [7, 11) is 0. The van der Waals surface area contributed by atoms with Crippen LogP contribution in [-0.4, -0.2) is 0 Å². The lowest BCUT2D eigenvalue weighted by Gasteiger charge is -1.97. The van der Waals surface area contributed by atoms with E-state index in [1.165, 1.54) is 12.1 Å². The highest BCUT2D eigenvalue weighted by molar-refractivity contribution is 5.61. The van der Waals surface area contributed by atoms with Gasteiger partial charge in [0.15, 0.2) is 0 Å². The van der Waals surface area contributed by atoms with Crippen LogP contribution in [0.2, 0.25) is 0 Å². The second-order valence-corrected chi connectivity index (χ2v) is 2.71. The molecule has 0 atom stereocenters. The predicted octanol–water partition coefficient (Wildman–Crippen LogP) is 2.31. The molecule has 0 bridgehead atoms. The first-order valence-electron chi connectivity index (χ1n) is 3.49. The molecular weight excluding hydrogens is 141 g/mol. The van der Waals surface area contributed by atoms with Crippen molar-refractivity contribution < 1.29 is 4.39 Å². The van der Waals surface area contributed by atoms with Crippen LogP contribution in [-0.2, 0) is 6.42 Å². The quantitative estimate of drug-likeness (QED) is 0.596. The minimum Gasteiger partial charge on any atom is -0.359 e. The van der Waals surface area contributed by atoms with Gasteiger partial charge in [0.2, 0.25) is 0 Å². The third-order valence-electron chi connectivity index (χ3n) is 1.79. The van der Waals surface area contributed by atoms with Gasteiger partial charge in [0.25, 0.3) is 0 Å². The molecule has 2 rings (SSSR count). The van der Waals surface area contributed by atoms with Crippen LogP contribution in [0.4, 0.5) is 10.1 Å². The standard InChI is InChI=1S/C9H8FN/c1-6-4-7-2-3-8(10)5-9(7)11-6/h2-3,5,11H,1,4H2. The van der Waals surface area contributed by atoms with Crippen molar-refractivity contribution in [3.63, 3.8) is 0 Å². The van der Waals surface area contributed by atoms with E-state index in [2.05, 4.69) is 11.9 Å². The summed E-state index contributed by atoms with van der Waals surface area (Å²) >= 11 is 0. The van der Waals surface area contributed by atoms with Crippen molar-refractivity contribution in [1.29, 1.82) is 0 Å². The van der Waals surface area contributed by atoms with Crippen molar-refractivity contribution >= 4 is 5.69 Å². The van der Waals surface area contributed by atoms with Crippen molar-refractivity contribution in [1.82, 2.24) is 0 Å². The maximum absolute atomic E-state index is 12.6. The summed E-state index contributed by atoms with van der Waals surface area (Å²) in [4.78, 5) is 0. The molecule has 1 aliphatic heterocycles. The van der Waals surface area contributed by atoms with E-state index in [9.17, 15) is 4.39 Å². The average molecular weight is 149 g/mol. The summed E-state index contributed by atoms with van der Waals surface area (Å²) in [6.45, 7) is 3.76. The van der Waals surface area contributed by atoms with Crippen LogP contribution in [0.3, 0.4) is 0 Å². The summed E-state index contributed by atoms with van der Waals surface area (Å²) in [5, 5.41) is 3.00. The van der Waals surface area contributed by atoms with Crippen LogP contribution in [0.5, 0.6) is 0 Å². The lowest BCUT2D eigenvalue weighted by molar-refractivity contribution is 0.628. The van der Waals surface area contributed by atoms with Gasteiger partial charge < -0.3 is 5.32 Å². The van der Waals surface area contributed by atoms with Crippen LogP contribution in [0, 0.1) is 5.82 Å². The van der Waals surface area contributed by atoms with Gasteiger partial charge in [-0.05, 0) is 17.7 Å². The van der Waals surface area contributed by atoms with Crippen molar-refractivity contribution in [3.05, 3.63) is 41.9 Å². The Balaban J connectivity index is 2.51. The number of nitrogens with one attached hydrogen (secondary N) is 1. The van der Waals surface area contributed by atoms with E-state index in [1.54, 1.807) is 6.07 Å². The van der Waals surface area contributed by atoms with Gasteiger partial charge in [0.1, 0.15) is 5.82 Å². The number of fused-ring (bicyclic) bond motifs is 1. The maximum Gasteiger partial charge on any atom is 0.125 e. The number of benzene rings is 1. The highest BCUT2D eigenvalue weighted by Crippen LogP contribution is 2.27. The molecule has 0 unspecified atom stereocenters. The van der Waals surface area contributed by atoms with Crippen LogP contribution in [0.25, 0.3) is 0 Å². The fraction of sp³-hybridized carbons (Fsp3) is 0.111. The molecule has 0 saturated heterocycles. The number of hydrogen-bond donors (Lipinski definition) is 1. The molecule has 11 heavy (non-hydrogen) atoms. The molecular formula is C9H8FN. The van der Waals surface area contributed by atoms with Gasteiger partial charge in [-0.1, -0.05) is 12.6 Å². The molecule has 2 heteroatoms. The molecule has 0 aliphatic carbocycles. The van der Waals surface area contributed by atoms with E-state index in [0.717, 1.165) is 23.4 Å². The monoisotopic (exact) mass is 149 g/mol. The zero-order chi connectivity index (χ0) is 7.84. The third-order valence-corrected chi connectivity index (χ3v) is 1.79. The Kier molecular flexibility index (Phi) is 1.22. The van der Waals surface area contributed by atoms with Gasteiger partial charge in [0, 0.05) is 17.8 Å². The van der Waals surface area contributed by atoms with E-state index < -0.39 is 0 Å². The Hall–Kier alpha value is -1.31. The summed E-state index contributed by atoms with van der Waals surface area (Å²) in [6, 6.07) is 4.75. The summed E-state index contributed by atoms with van der Waals surface area (Å²) < 4.78 is 12.6. The average Bonchev–Trinajstić information content (AvgIpc) is 2.27. The van der Waals surface area contributed by atoms with E-state index in [4.69, 9.17) is 0 Å². The Morgan fingerprint density at radius 2 is 2.27 bits per heavy atom. The van der Waals surface area contributed by atoms with Gasteiger partial charge in [-0.3, -0.25) is 0 Å². The molecule has 1 aromatic rings. The van der Waals surface area contributed by atoms with Crippen molar-refractivity contribution in [2.24, 2.45) is 0 Å². The van der Waals surface area contributed by atoms with E-state index in [1.807, 2.05) is 0 Å². The van der Waals surface area contributed by atoms with Crippen LogP contribution >= 0.6 is 0 Å². The van der Waals surface area contributed by atoms with Crippen molar-refractivity contribution in [3.8, 4) is 0 Å². The Bertz CT molecular complexity index is 317. The van der Waals surface area contributed by atoms with Crippen LogP contribution in [0.1, 0.15) is 5.56 Å². The lowest BCUT2D eigenvalue weighted by Crippen LogP contribution is -1.87. The molecule has 0 amide bonds. The summed E-state index contributed by atoms with van der Waals surface area (Å²) in [5.74, 6) is -0.203. The Morgan fingerprint density at radius 1 is 1.45 bits per heavy atom. The number of halogens is 1. The minimum absolute atomic E-state index is 0.203. The van der Waals surface area contributed by atoms with Gasteiger partial charge in [-0.15, -0.1) is 0 Å². The SMILES string of the molecule is C=C1Cc2ccc(F)cc2N1. The normalized spacial score (nSPS) is 14.5. The molecule has 0 saturated carbocycles. The minimum atomic E-state index is -0.203. The fourth-order valence-electron chi connectivity index (χ4n) is 1.28. The number of hydrogen-bond acceptors (Lipinski definition) is 1. The Morgan fingerprint density at radius 3 is 3.09 bits per heavy atom. The highest BCUT2D eigenvalue weighted by atomic mass is 19.1. The lowest BCUT2D eigenvalue weighted by atomic mass is 10.1. The third kappa shape index (κ3) is 1.00. The molecule has 1 aromatic carbocycles. The molecule has 56 valence electrons. The first kappa shape index (κ1) is 6.40. The maximum atomic E-state index is 12.6. The topological polar surface area (TPSA) is 12.0 Å². The molecule has 1 heterocycles. The van der Waals surface area contributed by atoms with Gasteiger partial charge in [0.05, 0.1) is 0 Å². The van der Waals surface area contributed by atoms with E-state index >= 15 is 0 Å². The zero-order valence-corrected chi connectivity index (χ0v) is 6.02. The summed E-state index contributed by atoms with van der Waals surface area (Å²) in [6.07, 6.45) is 0.815. The van der Waals surface area contributed by atoms with E-state index in [-0.39, 0.29) is 5.82 Å². The van der Waals surface area contributed by atoms with Gasteiger partial charge >= 0.3 is 0 Å².